The van der Waals surface area contributed by atoms with Crippen molar-refractivity contribution in [1.82, 2.24) is 20.6 Å². The molecule has 0 spiro atoms. The van der Waals surface area contributed by atoms with Gasteiger partial charge in [-0.15, -0.1) is 0 Å². The van der Waals surface area contributed by atoms with Crippen LogP contribution < -0.4 is 10.1 Å². The van der Waals surface area contributed by atoms with Crippen LogP contribution in [0.1, 0.15) is 6.42 Å². The summed E-state index contributed by atoms with van der Waals surface area (Å²) in [6.07, 6.45) is 1.13. The van der Waals surface area contributed by atoms with Crippen LogP contribution in [0.5, 0.6) is 11.8 Å². The third-order valence-corrected chi connectivity index (χ3v) is 3.01. The van der Waals surface area contributed by atoms with Crippen LogP contribution in [-0.4, -0.2) is 40.4 Å². The van der Waals surface area contributed by atoms with Gasteiger partial charge in [0.05, 0.1) is 6.61 Å². The minimum Gasteiger partial charge on any atom is -0.422 e. The van der Waals surface area contributed by atoms with E-state index in [0.717, 1.165) is 31.9 Å². The van der Waals surface area contributed by atoms with Gasteiger partial charge in [-0.05, 0) is 35.9 Å². The van der Waals surface area contributed by atoms with Crippen molar-refractivity contribution in [2.24, 2.45) is 5.92 Å². The molecule has 2 N–H and O–H groups in total. The SMILES string of the molecule is c1cc(Oc2nn[nH]n2)ccc1NC[C@H]1CCOC1. The lowest BCUT2D eigenvalue weighted by Crippen LogP contribution is -2.13. The molecule has 0 bridgehead atoms. The molecule has 0 radical (unpaired) electrons. The maximum Gasteiger partial charge on any atom is 0.361 e. The monoisotopic (exact) mass is 261 g/mol. The maximum absolute atomic E-state index is 5.39. The number of benzene rings is 1. The van der Waals surface area contributed by atoms with Gasteiger partial charge in [0.2, 0.25) is 0 Å². The van der Waals surface area contributed by atoms with Gasteiger partial charge in [-0.2, -0.15) is 5.21 Å². The zero-order valence-electron chi connectivity index (χ0n) is 10.4. The third-order valence-electron chi connectivity index (χ3n) is 3.01. The fourth-order valence-electron chi connectivity index (χ4n) is 1.95. The van der Waals surface area contributed by atoms with Crippen molar-refractivity contribution < 1.29 is 9.47 Å². The fraction of sp³-hybridized carbons (Fsp3) is 0.417. The summed E-state index contributed by atoms with van der Waals surface area (Å²) in [5.74, 6) is 1.28. The number of hydrogen-bond donors (Lipinski definition) is 2. The van der Waals surface area contributed by atoms with Crippen LogP contribution in [0.3, 0.4) is 0 Å². The topological polar surface area (TPSA) is 85.0 Å². The number of hydrogen-bond acceptors (Lipinski definition) is 6. The first-order valence-corrected chi connectivity index (χ1v) is 6.23. The molecule has 1 aliphatic heterocycles. The fourth-order valence-corrected chi connectivity index (χ4v) is 1.95. The summed E-state index contributed by atoms with van der Waals surface area (Å²) in [6, 6.07) is 7.87. The molecular formula is C12H15N5O2. The lowest BCUT2D eigenvalue weighted by molar-refractivity contribution is 0.187. The van der Waals surface area contributed by atoms with Gasteiger partial charge in [-0.3, -0.25) is 0 Å². The van der Waals surface area contributed by atoms with Gasteiger partial charge in [-0.1, -0.05) is 10.2 Å². The summed E-state index contributed by atoms with van der Waals surface area (Å²) in [6.45, 7) is 2.67. The van der Waals surface area contributed by atoms with Gasteiger partial charge in [0.25, 0.3) is 0 Å². The Bertz CT molecular complexity index is 493. The van der Waals surface area contributed by atoms with Crippen LogP contribution in [-0.2, 0) is 4.74 Å². The molecule has 1 aromatic heterocycles. The Morgan fingerprint density at radius 1 is 1.37 bits per heavy atom. The highest BCUT2D eigenvalue weighted by molar-refractivity contribution is 5.46. The number of nitrogens with zero attached hydrogens (tertiary/aromatic N) is 3. The smallest absolute Gasteiger partial charge is 0.361 e. The molecule has 7 heteroatoms. The van der Waals surface area contributed by atoms with Gasteiger partial charge in [-0.25, -0.2) is 0 Å². The van der Waals surface area contributed by atoms with E-state index in [2.05, 4.69) is 25.9 Å². The number of aromatic nitrogens is 4. The maximum atomic E-state index is 5.39. The van der Waals surface area contributed by atoms with Crippen LogP contribution in [0.4, 0.5) is 5.69 Å². The number of anilines is 1. The summed E-state index contributed by atoms with van der Waals surface area (Å²) >= 11 is 0. The quantitative estimate of drug-likeness (QED) is 0.847. The number of tetrazole rings is 1. The second kappa shape index (κ2) is 5.66. The van der Waals surface area contributed by atoms with Crippen molar-refractivity contribution in [1.29, 1.82) is 0 Å². The molecule has 1 saturated heterocycles. The number of aromatic amines is 1. The molecule has 2 heterocycles. The molecule has 1 atom stereocenters. The lowest BCUT2D eigenvalue weighted by atomic mass is 10.1. The Morgan fingerprint density at radius 3 is 2.95 bits per heavy atom. The standard InChI is InChI=1S/C12H15N5O2/c1-3-11(19-12-14-16-17-15-12)4-2-10(1)13-7-9-5-6-18-8-9/h1-4,9,13H,5-8H2,(H,14,15,16,17)/t9-/m1/s1. The van der Waals surface area contributed by atoms with Crippen LogP contribution in [0.15, 0.2) is 24.3 Å². The number of H-pyrrole nitrogens is 1. The third kappa shape index (κ3) is 3.19. The molecule has 1 aromatic carbocycles. The molecule has 100 valence electrons. The van der Waals surface area contributed by atoms with E-state index in [-0.39, 0.29) is 6.01 Å². The highest BCUT2D eigenvalue weighted by Crippen LogP contribution is 2.20. The molecule has 0 unspecified atom stereocenters. The molecule has 0 saturated carbocycles. The lowest BCUT2D eigenvalue weighted by Gasteiger charge is -2.10. The molecule has 1 fully saturated rings. The molecule has 0 aliphatic carbocycles. The molecule has 1 aliphatic rings. The number of ether oxygens (including phenoxy) is 2. The molecule has 7 nitrogen and oxygen atoms in total. The first kappa shape index (κ1) is 11.9. The van der Waals surface area contributed by atoms with Crippen LogP contribution >= 0.6 is 0 Å². The zero-order valence-corrected chi connectivity index (χ0v) is 10.4. The van der Waals surface area contributed by atoms with Crippen LogP contribution in [0, 0.1) is 5.92 Å². The summed E-state index contributed by atoms with van der Waals surface area (Å²) in [5, 5.41) is 16.6. The predicted molar refractivity (Wildman–Crippen MR) is 68.1 cm³/mol. The van der Waals surface area contributed by atoms with Crippen molar-refractivity contribution in [3.05, 3.63) is 24.3 Å². The van der Waals surface area contributed by atoms with E-state index in [9.17, 15) is 0 Å². The Balaban J connectivity index is 1.53. The van der Waals surface area contributed by atoms with E-state index in [0.29, 0.717) is 11.7 Å². The van der Waals surface area contributed by atoms with Crippen molar-refractivity contribution in [2.45, 2.75) is 6.42 Å². The van der Waals surface area contributed by atoms with Crippen LogP contribution in [0.2, 0.25) is 0 Å². The van der Waals surface area contributed by atoms with E-state index >= 15 is 0 Å². The molecule has 0 amide bonds. The Hall–Kier alpha value is -2.15. The molecular weight excluding hydrogens is 246 g/mol. The highest BCUT2D eigenvalue weighted by Gasteiger charge is 2.14. The largest absolute Gasteiger partial charge is 0.422 e. The zero-order chi connectivity index (χ0) is 12.9. The predicted octanol–water partition coefficient (Wildman–Crippen LogP) is 1.44. The van der Waals surface area contributed by atoms with Crippen molar-refractivity contribution in [3.8, 4) is 11.8 Å². The second-order valence-corrected chi connectivity index (χ2v) is 4.43. The average molecular weight is 261 g/mol. The first-order chi connectivity index (χ1) is 9.40. The van der Waals surface area contributed by atoms with E-state index in [1.54, 1.807) is 0 Å². The molecule has 3 rings (SSSR count). The summed E-state index contributed by atoms with van der Waals surface area (Å²) in [4.78, 5) is 0. The van der Waals surface area contributed by atoms with Crippen molar-refractivity contribution >= 4 is 5.69 Å². The van der Waals surface area contributed by atoms with E-state index in [4.69, 9.17) is 9.47 Å². The van der Waals surface area contributed by atoms with E-state index in [1.165, 1.54) is 0 Å². The van der Waals surface area contributed by atoms with Crippen molar-refractivity contribution in [3.63, 3.8) is 0 Å². The molecule has 2 aromatic rings. The van der Waals surface area contributed by atoms with Gasteiger partial charge in [0, 0.05) is 24.8 Å². The highest BCUT2D eigenvalue weighted by atomic mass is 16.5. The Kier molecular flexibility index (Phi) is 3.55. The minimum absolute atomic E-state index is 0.212. The summed E-state index contributed by atoms with van der Waals surface area (Å²) in [5.41, 5.74) is 1.06. The Labute approximate surface area is 110 Å². The van der Waals surface area contributed by atoms with Crippen molar-refractivity contribution in [2.75, 3.05) is 25.1 Å². The summed E-state index contributed by atoms with van der Waals surface area (Å²) in [7, 11) is 0. The minimum atomic E-state index is 0.212. The second-order valence-electron chi connectivity index (χ2n) is 4.43. The van der Waals surface area contributed by atoms with Crippen LogP contribution in [0.25, 0.3) is 0 Å². The van der Waals surface area contributed by atoms with Gasteiger partial charge < -0.3 is 14.8 Å². The van der Waals surface area contributed by atoms with E-state index in [1.807, 2.05) is 24.3 Å². The summed E-state index contributed by atoms with van der Waals surface area (Å²) < 4.78 is 10.7. The van der Waals surface area contributed by atoms with E-state index < -0.39 is 0 Å². The first-order valence-electron chi connectivity index (χ1n) is 6.23. The van der Waals surface area contributed by atoms with Gasteiger partial charge >= 0.3 is 6.01 Å². The number of nitrogens with one attached hydrogen (secondary N) is 2. The Morgan fingerprint density at radius 2 is 2.26 bits per heavy atom. The normalized spacial score (nSPS) is 18.4. The van der Waals surface area contributed by atoms with Gasteiger partial charge in [0.1, 0.15) is 5.75 Å². The number of rotatable bonds is 5. The molecule has 19 heavy (non-hydrogen) atoms. The average Bonchev–Trinajstić information content (AvgIpc) is 3.11. The van der Waals surface area contributed by atoms with Gasteiger partial charge in [0.15, 0.2) is 0 Å².